The molecule has 13 nitrogen and oxygen atoms in total. The second-order valence-electron chi connectivity index (χ2n) is 7.79. The molecule has 3 N–H and O–H groups in total. The number of benzene rings is 2. The molecular weight excluding hydrogens is 529 g/mol. The van der Waals surface area contributed by atoms with Gasteiger partial charge in [-0.15, -0.1) is 0 Å². The van der Waals surface area contributed by atoms with Crippen LogP contribution in [0.4, 0.5) is 11.6 Å². The van der Waals surface area contributed by atoms with Crippen LogP contribution in [0.15, 0.2) is 57.2 Å². The molecule has 0 amide bonds. The third-order valence-electron chi connectivity index (χ3n) is 5.21. The number of nitro groups is 1. The summed E-state index contributed by atoms with van der Waals surface area (Å²) in [6, 6.07) is 10.3. The number of rotatable bonds is 9. The van der Waals surface area contributed by atoms with Crippen LogP contribution in [-0.4, -0.2) is 48.1 Å². The highest BCUT2D eigenvalue weighted by Gasteiger charge is 2.20. The predicted octanol–water partition coefficient (Wildman–Crippen LogP) is 2.52. The Morgan fingerprint density at radius 2 is 2.00 bits per heavy atom. The summed E-state index contributed by atoms with van der Waals surface area (Å²) in [5, 5.41) is 26.2. The molecule has 2 aromatic heterocycles. The van der Waals surface area contributed by atoms with E-state index >= 15 is 0 Å². The molecule has 0 spiro atoms. The molecule has 4 rings (SSSR count). The minimum absolute atomic E-state index is 0.0266. The van der Waals surface area contributed by atoms with Crippen LogP contribution < -0.4 is 21.4 Å². The van der Waals surface area contributed by atoms with E-state index in [9.17, 15) is 24.8 Å². The van der Waals surface area contributed by atoms with E-state index in [2.05, 4.69) is 20.5 Å². The van der Waals surface area contributed by atoms with Crippen molar-refractivity contribution in [2.75, 3.05) is 12.0 Å². The second kappa shape index (κ2) is 10.8. The number of H-pyrrole nitrogens is 1. The van der Waals surface area contributed by atoms with Crippen LogP contribution in [0.2, 0.25) is 10.0 Å². The van der Waals surface area contributed by atoms with Gasteiger partial charge >= 0.3 is 5.69 Å². The third kappa shape index (κ3) is 5.80. The smallest absolute Gasteiger partial charge is 0.329 e. The van der Waals surface area contributed by atoms with Crippen molar-refractivity contribution >= 4 is 52.2 Å². The monoisotopic (exact) mass is 547 g/mol. The van der Waals surface area contributed by atoms with Gasteiger partial charge in [-0.3, -0.25) is 24.5 Å². The number of halogens is 2. The van der Waals surface area contributed by atoms with E-state index in [1.807, 2.05) is 0 Å². The van der Waals surface area contributed by atoms with E-state index in [1.54, 1.807) is 12.1 Å². The van der Waals surface area contributed by atoms with E-state index in [-0.39, 0.29) is 41.0 Å². The highest BCUT2D eigenvalue weighted by molar-refractivity contribution is 6.35. The lowest BCUT2D eigenvalue weighted by Gasteiger charge is -2.15. The number of hydrazone groups is 1. The van der Waals surface area contributed by atoms with Crippen LogP contribution in [0.5, 0.6) is 5.75 Å². The van der Waals surface area contributed by atoms with Gasteiger partial charge in [0.05, 0.1) is 22.7 Å². The third-order valence-corrected chi connectivity index (χ3v) is 5.74. The van der Waals surface area contributed by atoms with Crippen molar-refractivity contribution in [2.45, 2.75) is 12.6 Å². The van der Waals surface area contributed by atoms with Crippen LogP contribution in [0.3, 0.4) is 0 Å². The summed E-state index contributed by atoms with van der Waals surface area (Å²) in [5.41, 5.74) is 1.90. The molecule has 0 aliphatic heterocycles. The Balaban J connectivity index is 1.59. The fraction of sp³-hybridized carbons (Fsp3) is 0.182. The molecule has 0 saturated carbocycles. The lowest BCUT2D eigenvalue weighted by Crippen LogP contribution is -2.30. The number of aliphatic hydroxyl groups is 1. The number of imidazole rings is 1. The number of fused-ring (bicyclic) bond motifs is 1. The minimum Gasteiger partial charge on any atom is -0.489 e. The Morgan fingerprint density at radius 1 is 1.27 bits per heavy atom. The number of aromatic nitrogens is 4. The van der Waals surface area contributed by atoms with E-state index in [4.69, 9.17) is 27.9 Å². The van der Waals surface area contributed by atoms with Gasteiger partial charge in [0.15, 0.2) is 11.2 Å². The van der Waals surface area contributed by atoms with Crippen molar-refractivity contribution in [3.05, 3.63) is 89.0 Å². The molecule has 0 bridgehead atoms. The van der Waals surface area contributed by atoms with Crippen molar-refractivity contribution in [1.29, 1.82) is 0 Å². The van der Waals surface area contributed by atoms with E-state index in [0.717, 1.165) is 4.57 Å². The number of non-ortho nitro benzene ring substituents is 1. The van der Waals surface area contributed by atoms with Crippen molar-refractivity contribution < 1.29 is 14.8 Å². The number of aromatic amines is 1. The summed E-state index contributed by atoms with van der Waals surface area (Å²) >= 11 is 12.0. The Kier molecular flexibility index (Phi) is 7.57. The maximum Gasteiger partial charge on any atom is 0.329 e. The first-order chi connectivity index (χ1) is 17.6. The SMILES string of the molecule is Cn1c(=O)[nH]c(=O)c2c1nc(N/N=C\c1ccc([N+](=O)[O-])cc1)n2CC(O)COc1ccc(Cl)cc1Cl. The zero-order chi connectivity index (χ0) is 26.7. The van der Waals surface area contributed by atoms with Crippen LogP contribution in [0, 0.1) is 10.1 Å². The fourth-order valence-electron chi connectivity index (χ4n) is 3.39. The molecular formula is C22H19Cl2N7O6. The summed E-state index contributed by atoms with van der Waals surface area (Å²) in [4.78, 5) is 41.5. The largest absolute Gasteiger partial charge is 0.489 e. The number of nitrogens with one attached hydrogen (secondary N) is 2. The fourth-order valence-corrected chi connectivity index (χ4v) is 3.85. The van der Waals surface area contributed by atoms with Crippen LogP contribution in [-0.2, 0) is 13.6 Å². The second-order valence-corrected chi connectivity index (χ2v) is 8.64. The van der Waals surface area contributed by atoms with Gasteiger partial charge in [-0.05, 0) is 35.9 Å². The van der Waals surface area contributed by atoms with Gasteiger partial charge in [0, 0.05) is 24.2 Å². The van der Waals surface area contributed by atoms with Crippen molar-refractivity contribution in [3.63, 3.8) is 0 Å². The first kappa shape index (κ1) is 25.9. The average Bonchev–Trinajstić information content (AvgIpc) is 3.21. The lowest BCUT2D eigenvalue weighted by atomic mass is 10.2. The summed E-state index contributed by atoms with van der Waals surface area (Å²) in [6.07, 6.45) is 0.263. The number of hydrogen-bond donors (Lipinski definition) is 3. The number of aliphatic hydroxyl groups excluding tert-OH is 1. The number of aryl methyl sites for hydroxylation is 1. The molecule has 15 heteroatoms. The van der Waals surface area contributed by atoms with Crippen LogP contribution in [0.25, 0.3) is 11.2 Å². The van der Waals surface area contributed by atoms with Crippen molar-refractivity contribution in [2.24, 2.45) is 12.1 Å². The molecule has 0 saturated heterocycles. The van der Waals surface area contributed by atoms with Crippen molar-refractivity contribution in [3.8, 4) is 5.75 Å². The molecule has 192 valence electrons. The number of hydrogen-bond acceptors (Lipinski definition) is 9. The maximum atomic E-state index is 12.6. The Bertz CT molecular complexity index is 1610. The number of ether oxygens (including phenoxy) is 1. The molecule has 0 radical (unpaired) electrons. The predicted molar refractivity (Wildman–Crippen MR) is 138 cm³/mol. The first-order valence-corrected chi connectivity index (χ1v) is 11.4. The van der Waals surface area contributed by atoms with E-state index in [1.165, 1.54) is 48.2 Å². The molecule has 0 aliphatic carbocycles. The molecule has 1 unspecified atom stereocenters. The number of anilines is 1. The zero-order valence-corrected chi connectivity index (χ0v) is 20.6. The topological polar surface area (TPSA) is 170 Å². The van der Waals surface area contributed by atoms with Gasteiger partial charge in [0.25, 0.3) is 11.2 Å². The van der Waals surface area contributed by atoms with Gasteiger partial charge in [-0.1, -0.05) is 23.2 Å². The number of nitrogens with zero attached hydrogens (tertiary/aromatic N) is 5. The maximum absolute atomic E-state index is 12.6. The van der Waals surface area contributed by atoms with Gasteiger partial charge in [0.2, 0.25) is 5.95 Å². The van der Waals surface area contributed by atoms with Gasteiger partial charge in [-0.2, -0.15) is 10.1 Å². The zero-order valence-electron chi connectivity index (χ0n) is 19.1. The molecule has 1 atom stereocenters. The highest BCUT2D eigenvalue weighted by Crippen LogP contribution is 2.27. The lowest BCUT2D eigenvalue weighted by molar-refractivity contribution is -0.384. The van der Waals surface area contributed by atoms with Gasteiger partial charge in [0.1, 0.15) is 18.5 Å². The summed E-state index contributed by atoms with van der Waals surface area (Å²) in [5.74, 6) is 0.371. The molecule has 0 aliphatic rings. The first-order valence-electron chi connectivity index (χ1n) is 10.6. The van der Waals surface area contributed by atoms with E-state index in [0.29, 0.717) is 16.3 Å². The van der Waals surface area contributed by atoms with Gasteiger partial charge in [-0.25, -0.2) is 10.2 Å². The van der Waals surface area contributed by atoms with Crippen LogP contribution in [0.1, 0.15) is 5.56 Å². The molecule has 2 heterocycles. The molecule has 2 aromatic carbocycles. The molecule has 0 fully saturated rings. The molecule has 4 aromatic rings. The molecule has 37 heavy (non-hydrogen) atoms. The summed E-state index contributed by atoms with van der Waals surface area (Å²) in [7, 11) is 1.43. The van der Waals surface area contributed by atoms with Crippen LogP contribution >= 0.6 is 23.2 Å². The van der Waals surface area contributed by atoms with Crippen molar-refractivity contribution in [1.82, 2.24) is 19.1 Å². The highest BCUT2D eigenvalue weighted by atomic mass is 35.5. The average molecular weight is 548 g/mol. The summed E-state index contributed by atoms with van der Waals surface area (Å²) in [6.45, 7) is -0.339. The number of nitro benzene ring substituents is 1. The Hall–Kier alpha value is -4.20. The Morgan fingerprint density at radius 3 is 2.68 bits per heavy atom. The van der Waals surface area contributed by atoms with Gasteiger partial charge < -0.3 is 14.4 Å². The minimum atomic E-state index is -1.13. The Labute approximate surface area is 217 Å². The van der Waals surface area contributed by atoms with E-state index < -0.39 is 22.3 Å². The normalized spacial score (nSPS) is 12.2. The summed E-state index contributed by atoms with van der Waals surface area (Å²) < 4.78 is 8.09. The quantitative estimate of drug-likeness (QED) is 0.163. The standard InChI is InChI=1S/C22H19Cl2N7O6/c1-29-19-18(20(33)27-22(29)34)30(10-15(32)11-37-17-7-4-13(23)8-16(17)24)21(26-19)28-25-9-12-2-5-14(6-3-12)31(35)36/h2-9,15,32H,10-11H2,1H3,(H,26,28)(H,27,33,34)/b25-9-.